The number of nitrogens with one attached hydrogen (secondary N) is 1. The average molecular weight is 284 g/mol. The molecule has 6 heteroatoms. The lowest BCUT2D eigenvalue weighted by molar-refractivity contribution is -0.118. The number of aryl methyl sites for hydroxylation is 1. The molecule has 0 aliphatic heterocycles. The van der Waals surface area contributed by atoms with Crippen LogP contribution in [0.5, 0.6) is 0 Å². The van der Waals surface area contributed by atoms with Crippen LogP contribution in [0.3, 0.4) is 0 Å². The van der Waals surface area contributed by atoms with Crippen LogP contribution in [0.15, 0.2) is 24.3 Å². The zero-order valence-electron chi connectivity index (χ0n) is 11.5. The van der Waals surface area contributed by atoms with E-state index in [0.717, 1.165) is 15.4 Å². The predicted octanol–water partition coefficient (Wildman–Crippen LogP) is 1.24. The Bertz CT molecular complexity index is 541. The summed E-state index contributed by atoms with van der Waals surface area (Å²) in [5.74, 6) is -0.520. The topological polar surface area (TPSA) is 66.5 Å². The molecule has 1 amide bonds. The molecule has 1 aromatic carbocycles. The summed E-state index contributed by atoms with van der Waals surface area (Å²) in [6.45, 7) is 4.18. The summed E-state index contributed by atoms with van der Waals surface area (Å²) in [6, 6.07) is 7.43. The normalized spacial score (nSPS) is 11.6. The first-order valence-electron chi connectivity index (χ1n) is 6.17. The lowest BCUT2D eigenvalue weighted by Crippen LogP contribution is -2.42. The predicted molar refractivity (Wildman–Crippen MR) is 74.9 cm³/mol. The minimum Gasteiger partial charge on any atom is -0.274 e. The Morgan fingerprint density at radius 3 is 2.63 bits per heavy atom. The van der Waals surface area contributed by atoms with E-state index in [0.29, 0.717) is 13.0 Å². The number of amides is 1. The third-order valence-electron chi connectivity index (χ3n) is 2.64. The Morgan fingerprint density at radius 2 is 2.05 bits per heavy atom. The van der Waals surface area contributed by atoms with Crippen molar-refractivity contribution < 1.29 is 13.2 Å². The Morgan fingerprint density at radius 1 is 1.37 bits per heavy atom. The van der Waals surface area contributed by atoms with Gasteiger partial charge in [0.1, 0.15) is 0 Å². The summed E-state index contributed by atoms with van der Waals surface area (Å²) in [7, 11) is -2.27. The van der Waals surface area contributed by atoms with Gasteiger partial charge in [0.15, 0.2) is 0 Å². The molecule has 0 heterocycles. The fourth-order valence-corrected chi connectivity index (χ4v) is 2.64. The second-order valence-corrected chi connectivity index (χ2v) is 6.30. The van der Waals surface area contributed by atoms with Crippen molar-refractivity contribution in [2.24, 2.45) is 0 Å². The summed E-state index contributed by atoms with van der Waals surface area (Å²) in [5.41, 5.74) is 1.84. The van der Waals surface area contributed by atoms with Crippen LogP contribution in [0.1, 0.15) is 24.5 Å². The van der Waals surface area contributed by atoms with Gasteiger partial charge in [0, 0.05) is 13.6 Å². The molecule has 0 saturated heterocycles. The number of rotatable bonds is 6. The Hall–Kier alpha value is -1.40. The molecule has 0 atom stereocenters. The summed E-state index contributed by atoms with van der Waals surface area (Å²) in [4.78, 5) is 11.7. The molecule has 0 bridgehead atoms. The molecule has 0 aliphatic carbocycles. The van der Waals surface area contributed by atoms with Crippen LogP contribution in [-0.4, -0.2) is 32.2 Å². The molecular weight excluding hydrogens is 264 g/mol. The molecule has 1 aromatic rings. The van der Waals surface area contributed by atoms with Crippen molar-refractivity contribution in [3.05, 3.63) is 35.4 Å². The van der Waals surface area contributed by atoms with Crippen molar-refractivity contribution >= 4 is 16.1 Å². The third-order valence-corrected chi connectivity index (χ3v) is 4.13. The van der Waals surface area contributed by atoms with Gasteiger partial charge in [0.25, 0.3) is 0 Å². The molecule has 19 heavy (non-hydrogen) atoms. The molecule has 0 fully saturated rings. The Kier molecular flexibility index (Phi) is 5.50. The number of carbonyl (C=O) groups excluding carboxylic acids is 1. The molecule has 0 spiro atoms. The summed E-state index contributed by atoms with van der Waals surface area (Å²) < 4.78 is 26.8. The quantitative estimate of drug-likeness (QED) is 0.854. The third kappa shape index (κ3) is 5.00. The van der Waals surface area contributed by atoms with Crippen molar-refractivity contribution in [3.8, 4) is 0 Å². The monoisotopic (exact) mass is 284 g/mol. The maximum atomic E-state index is 11.8. The van der Waals surface area contributed by atoms with E-state index in [-0.39, 0.29) is 6.42 Å². The first-order valence-corrected chi connectivity index (χ1v) is 7.61. The highest BCUT2D eigenvalue weighted by molar-refractivity contribution is 7.87. The van der Waals surface area contributed by atoms with Crippen LogP contribution in [0, 0.1) is 6.92 Å². The highest BCUT2D eigenvalue weighted by Gasteiger charge is 2.19. The van der Waals surface area contributed by atoms with E-state index < -0.39 is 16.1 Å². The van der Waals surface area contributed by atoms with Crippen molar-refractivity contribution in [2.45, 2.75) is 26.7 Å². The molecule has 0 aliphatic rings. The molecule has 0 aromatic heterocycles. The van der Waals surface area contributed by atoms with Crippen molar-refractivity contribution in [2.75, 3.05) is 13.6 Å². The van der Waals surface area contributed by atoms with Gasteiger partial charge < -0.3 is 0 Å². The maximum Gasteiger partial charge on any atom is 0.303 e. The van der Waals surface area contributed by atoms with Crippen LogP contribution >= 0.6 is 0 Å². The summed E-state index contributed by atoms with van der Waals surface area (Å²) in [5, 5.41) is 0. The van der Waals surface area contributed by atoms with E-state index >= 15 is 0 Å². The zero-order valence-corrected chi connectivity index (χ0v) is 12.3. The molecule has 0 saturated carbocycles. The molecule has 0 unspecified atom stereocenters. The van der Waals surface area contributed by atoms with Gasteiger partial charge >= 0.3 is 10.2 Å². The van der Waals surface area contributed by atoms with Gasteiger partial charge in [-0.25, -0.2) is 4.72 Å². The SMILES string of the molecule is CCCN(C)S(=O)(=O)NC(=O)Cc1cccc(C)c1. The second kappa shape index (κ2) is 6.68. The zero-order chi connectivity index (χ0) is 14.5. The molecule has 5 nitrogen and oxygen atoms in total. The average Bonchev–Trinajstić information content (AvgIpc) is 2.28. The first-order chi connectivity index (χ1) is 8.85. The lowest BCUT2D eigenvalue weighted by atomic mass is 10.1. The van der Waals surface area contributed by atoms with E-state index in [1.54, 1.807) is 6.07 Å². The summed E-state index contributed by atoms with van der Waals surface area (Å²) >= 11 is 0. The smallest absolute Gasteiger partial charge is 0.274 e. The molecule has 1 rings (SSSR count). The number of benzene rings is 1. The Labute approximate surface area is 114 Å². The van der Waals surface area contributed by atoms with Gasteiger partial charge in [-0.2, -0.15) is 12.7 Å². The van der Waals surface area contributed by atoms with Crippen LogP contribution in [0.2, 0.25) is 0 Å². The number of nitrogens with zero attached hydrogens (tertiary/aromatic N) is 1. The Balaban J connectivity index is 2.65. The first kappa shape index (κ1) is 15.7. The van der Waals surface area contributed by atoms with Gasteiger partial charge in [-0.1, -0.05) is 36.8 Å². The van der Waals surface area contributed by atoms with E-state index in [4.69, 9.17) is 0 Å². The highest BCUT2D eigenvalue weighted by atomic mass is 32.2. The van der Waals surface area contributed by atoms with E-state index in [1.165, 1.54) is 7.05 Å². The number of hydrogen-bond donors (Lipinski definition) is 1. The van der Waals surface area contributed by atoms with Crippen molar-refractivity contribution in [3.63, 3.8) is 0 Å². The molecule has 106 valence electrons. The van der Waals surface area contributed by atoms with Gasteiger partial charge in [0.05, 0.1) is 6.42 Å². The minimum atomic E-state index is -3.72. The van der Waals surface area contributed by atoms with Crippen molar-refractivity contribution in [1.82, 2.24) is 9.03 Å². The number of hydrogen-bond acceptors (Lipinski definition) is 3. The van der Waals surface area contributed by atoms with E-state index in [1.807, 2.05) is 32.0 Å². The van der Waals surface area contributed by atoms with Gasteiger partial charge in [-0.15, -0.1) is 0 Å². The van der Waals surface area contributed by atoms with Gasteiger partial charge in [0.2, 0.25) is 5.91 Å². The lowest BCUT2D eigenvalue weighted by Gasteiger charge is -2.16. The van der Waals surface area contributed by atoms with Crippen LogP contribution in [0.4, 0.5) is 0 Å². The van der Waals surface area contributed by atoms with Gasteiger partial charge in [-0.05, 0) is 18.9 Å². The highest BCUT2D eigenvalue weighted by Crippen LogP contribution is 2.05. The summed E-state index contributed by atoms with van der Waals surface area (Å²) in [6.07, 6.45) is 0.754. The van der Waals surface area contributed by atoms with Crippen LogP contribution < -0.4 is 4.72 Å². The molecular formula is C13H20N2O3S. The maximum absolute atomic E-state index is 11.8. The standard InChI is InChI=1S/C13H20N2O3S/c1-4-8-15(3)19(17,18)14-13(16)10-12-7-5-6-11(2)9-12/h5-7,9H,4,8,10H2,1-3H3,(H,14,16). The molecule has 1 N–H and O–H groups in total. The fourth-order valence-electron chi connectivity index (χ4n) is 1.70. The fraction of sp³-hybridized carbons (Fsp3) is 0.462. The second-order valence-electron chi connectivity index (χ2n) is 4.52. The van der Waals surface area contributed by atoms with E-state index in [9.17, 15) is 13.2 Å². The number of carbonyl (C=O) groups is 1. The minimum absolute atomic E-state index is 0.0564. The van der Waals surface area contributed by atoms with Crippen molar-refractivity contribution in [1.29, 1.82) is 0 Å². The van der Waals surface area contributed by atoms with E-state index in [2.05, 4.69) is 4.72 Å². The largest absolute Gasteiger partial charge is 0.303 e. The van der Waals surface area contributed by atoms with Crippen LogP contribution in [0.25, 0.3) is 0 Å². The van der Waals surface area contributed by atoms with Gasteiger partial charge in [-0.3, -0.25) is 4.79 Å². The molecule has 0 radical (unpaired) electrons. The van der Waals surface area contributed by atoms with Crippen LogP contribution in [-0.2, 0) is 21.4 Å².